The number of hydrogen-bond acceptors (Lipinski definition) is 4. The quantitative estimate of drug-likeness (QED) is 0.744. The lowest BCUT2D eigenvalue weighted by Crippen LogP contribution is -2.57. The summed E-state index contributed by atoms with van der Waals surface area (Å²) in [6.45, 7) is 4.95. The number of carbonyl (C=O) groups is 3. The van der Waals surface area contributed by atoms with E-state index in [1.165, 1.54) is 17.0 Å². The SMILES string of the molecule is CC(C)CCOC(=O)CC1C(=O)NCCN1C(=O)c1ccc(Cl)cc1Cl. The summed E-state index contributed by atoms with van der Waals surface area (Å²) in [6, 6.07) is 3.61. The summed E-state index contributed by atoms with van der Waals surface area (Å²) in [7, 11) is 0. The van der Waals surface area contributed by atoms with E-state index in [-0.39, 0.29) is 29.5 Å². The first kappa shape index (κ1) is 20.5. The Bertz CT molecular complexity index is 694. The number of ether oxygens (including phenoxy) is 1. The van der Waals surface area contributed by atoms with Crippen LogP contribution < -0.4 is 5.32 Å². The molecule has 0 radical (unpaired) electrons. The fourth-order valence-electron chi connectivity index (χ4n) is 2.60. The first-order valence-electron chi connectivity index (χ1n) is 8.49. The van der Waals surface area contributed by atoms with Gasteiger partial charge in [-0.05, 0) is 30.5 Å². The Morgan fingerprint density at radius 3 is 2.73 bits per heavy atom. The average molecular weight is 401 g/mol. The molecule has 0 saturated carbocycles. The van der Waals surface area contributed by atoms with Crippen molar-refractivity contribution in [2.45, 2.75) is 32.7 Å². The topological polar surface area (TPSA) is 75.7 Å². The molecule has 1 fully saturated rings. The fourth-order valence-corrected chi connectivity index (χ4v) is 3.09. The average Bonchev–Trinajstić information content (AvgIpc) is 2.56. The smallest absolute Gasteiger partial charge is 0.308 e. The molecule has 1 saturated heterocycles. The minimum Gasteiger partial charge on any atom is -0.466 e. The highest BCUT2D eigenvalue weighted by Gasteiger charge is 2.36. The van der Waals surface area contributed by atoms with Gasteiger partial charge in [-0.3, -0.25) is 14.4 Å². The molecule has 0 bridgehead atoms. The van der Waals surface area contributed by atoms with Gasteiger partial charge in [0.05, 0.1) is 23.6 Å². The van der Waals surface area contributed by atoms with Crippen LogP contribution in [0.4, 0.5) is 0 Å². The number of carbonyl (C=O) groups excluding carboxylic acids is 3. The molecule has 8 heteroatoms. The molecule has 1 heterocycles. The summed E-state index contributed by atoms with van der Waals surface area (Å²) in [5.74, 6) is -0.893. The van der Waals surface area contributed by atoms with E-state index in [1.54, 1.807) is 6.07 Å². The molecule has 142 valence electrons. The third-order valence-electron chi connectivity index (χ3n) is 4.07. The summed E-state index contributed by atoms with van der Waals surface area (Å²) in [6.07, 6.45) is 0.548. The largest absolute Gasteiger partial charge is 0.466 e. The maximum absolute atomic E-state index is 12.8. The Hall–Kier alpha value is -1.79. The Labute approximate surface area is 162 Å². The molecular formula is C18H22Cl2N2O4. The maximum Gasteiger partial charge on any atom is 0.308 e. The van der Waals surface area contributed by atoms with Crippen LogP contribution in [-0.4, -0.2) is 48.4 Å². The van der Waals surface area contributed by atoms with E-state index < -0.39 is 17.9 Å². The van der Waals surface area contributed by atoms with Gasteiger partial charge in [0.2, 0.25) is 5.91 Å². The second-order valence-corrected chi connectivity index (χ2v) is 7.38. The number of hydrogen-bond donors (Lipinski definition) is 1. The van der Waals surface area contributed by atoms with Gasteiger partial charge in [-0.1, -0.05) is 37.0 Å². The number of piperazine rings is 1. The summed E-state index contributed by atoms with van der Waals surface area (Å²) in [5, 5.41) is 3.29. The van der Waals surface area contributed by atoms with Crippen LogP contribution in [-0.2, 0) is 14.3 Å². The zero-order chi connectivity index (χ0) is 19.3. The van der Waals surface area contributed by atoms with Crippen LogP contribution in [0.2, 0.25) is 10.0 Å². The van der Waals surface area contributed by atoms with E-state index in [0.29, 0.717) is 24.1 Å². The molecule has 2 amide bonds. The second kappa shape index (κ2) is 9.24. The molecule has 1 unspecified atom stereocenters. The van der Waals surface area contributed by atoms with Crippen molar-refractivity contribution >= 4 is 41.0 Å². The number of esters is 1. The molecule has 0 aliphatic carbocycles. The van der Waals surface area contributed by atoms with Crippen molar-refractivity contribution in [3.05, 3.63) is 33.8 Å². The van der Waals surface area contributed by atoms with Crippen molar-refractivity contribution in [3.63, 3.8) is 0 Å². The number of nitrogens with one attached hydrogen (secondary N) is 1. The monoisotopic (exact) mass is 400 g/mol. The van der Waals surface area contributed by atoms with Crippen LogP contribution in [0.5, 0.6) is 0 Å². The van der Waals surface area contributed by atoms with Gasteiger partial charge >= 0.3 is 5.97 Å². The summed E-state index contributed by atoms with van der Waals surface area (Å²) >= 11 is 12.0. The zero-order valence-electron chi connectivity index (χ0n) is 14.8. The third-order valence-corrected chi connectivity index (χ3v) is 4.62. The highest BCUT2D eigenvalue weighted by Crippen LogP contribution is 2.24. The minimum absolute atomic E-state index is 0.194. The van der Waals surface area contributed by atoms with E-state index in [9.17, 15) is 14.4 Å². The first-order valence-corrected chi connectivity index (χ1v) is 9.24. The van der Waals surface area contributed by atoms with Crippen LogP contribution >= 0.6 is 23.2 Å². The summed E-state index contributed by atoms with van der Waals surface area (Å²) < 4.78 is 5.18. The normalized spacial score (nSPS) is 17.2. The molecule has 1 N–H and O–H groups in total. The number of halogens is 2. The molecule has 1 aliphatic heterocycles. The molecular weight excluding hydrogens is 379 g/mol. The molecule has 1 aromatic rings. The van der Waals surface area contributed by atoms with Crippen molar-refractivity contribution in [2.24, 2.45) is 5.92 Å². The molecule has 2 rings (SSSR count). The van der Waals surface area contributed by atoms with Gasteiger partial charge in [0, 0.05) is 18.1 Å². The van der Waals surface area contributed by atoms with Crippen LogP contribution in [0.3, 0.4) is 0 Å². The number of rotatable bonds is 6. The molecule has 1 aromatic carbocycles. The number of amides is 2. The Morgan fingerprint density at radius 2 is 2.08 bits per heavy atom. The third kappa shape index (κ3) is 5.35. The first-order chi connectivity index (χ1) is 12.3. The Kier molecular flexibility index (Phi) is 7.29. The van der Waals surface area contributed by atoms with E-state index in [2.05, 4.69) is 5.32 Å². The van der Waals surface area contributed by atoms with Gasteiger partial charge in [-0.25, -0.2) is 0 Å². The van der Waals surface area contributed by atoms with Gasteiger partial charge < -0.3 is 15.0 Å². The van der Waals surface area contributed by atoms with Crippen LogP contribution in [0.15, 0.2) is 18.2 Å². The molecule has 1 aliphatic rings. The number of nitrogens with zero attached hydrogens (tertiary/aromatic N) is 1. The fraction of sp³-hybridized carbons (Fsp3) is 0.500. The zero-order valence-corrected chi connectivity index (χ0v) is 16.3. The van der Waals surface area contributed by atoms with Crippen molar-refractivity contribution in [3.8, 4) is 0 Å². The second-order valence-electron chi connectivity index (χ2n) is 6.54. The van der Waals surface area contributed by atoms with Crippen LogP contribution in [0.25, 0.3) is 0 Å². The van der Waals surface area contributed by atoms with E-state index in [0.717, 1.165) is 6.42 Å². The molecule has 0 aromatic heterocycles. The predicted octanol–water partition coefficient (Wildman–Crippen LogP) is 2.91. The highest BCUT2D eigenvalue weighted by atomic mass is 35.5. The number of benzene rings is 1. The van der Waals surface area contributed by atoms with Crippen molar-refractivity contribution < 1.29 is 19.1 Å². The van der Waals surface area contributed by atoms with Gasteiger partial charge in [0.1, 0.15) is 6.04 Å². The summed E-state index contributed by atoms with van der Waals surface area (Å²) in [5.41, 5.74) is 0.240. The van der Waals surface area contributed by atoms with E-state index in [4.69, 9.17) is 27.9 Å². The highest BCUT2D eigenvalue weighted by molar-refractivity contribution is 6.36. The molecule has 1 atom stereocenters. The minimum atomic E-state index is -0.922. The maximum atomic E-state index is 12.8. The lowest BCUT2D eigenvalue weighted by molar-refractivity contribution is -0.148. The van der Waals surface area contributed by atoms with Crippen molar-refractivity contribution in [1.29, 1.82) is 0 Å². The molecule has 26 heavy (non-hydrogen) atoms. The lowest BCUT2D eigenvalue weighted by Gasteiger charge is -2.34. The summed E-state index contributed by atoms with van der Waals surface area (Å²) in [4.78, 5) is 38.5. The Morgan fingerprint density at radius 1 is 1.35 bits per heavy atom. The van der Waals surface area contributed by atoms with Crippen LogP contribution in [0.1, 0.15) is 37.0 Å². The van der Waals surface area contributed by atoms with E-state index >= 15 is 0 Å². The Balaban J connectivity index is 2.10. The van der Waals surface area contributed by atoms with Gasteiger partial charge in [-0.15, -0.1) is 0 Å². The lowest BCUT2D eigenvalue weighted by atomic mass is 10.1. The van der Waals surface area contributed by atoms with Crippen LogP contribution in [0, 0.1) is 5.92 Å². The van der Waals surface area contributed by atoms with Gasteiger partial charge in [-0.2, -0.15) is 0 Å². The predicted molar refractivity (Wildman–Crippen MR) is 99.3 cm³/mol. The van der Waals surface area contributed by atoms with Gasteiger partial charge in [0.15, 0.2) is 0 Å². The van der Waals surface area contributed by atoms with Crippen molar-refractivity contribution in [1.82, 2.24) is 10.2 Å². The molecule has 0 spiro atoms. The van der Waals surface area contributed by atoms with E-state index in [1.807, 2.05) is 13.8 Å². The van der Waals surface area contributed by atoms with Crippen molar-refractivity contribution in [2.75, 3.05) is 19.7 Å². The molecule has 6 nitrogen and oxygen atoms in total. The standard InChI is InChI=1S/C18H22Cl2N2O4/c1-11(2)5-8-26-16(23)10-15-17(24)21-6-7-22(15)18(25)13-4-3-12(19)9-14(13)20/h3-4,9,11,15H,5-8,10H2,1-2H3,(H,21,24). The van der Waals surface area contributed by atoms with Gasteiger partial charge in [0.25, 0.3) is 5.91 Å².